The molecule has 16 heavy (non-hydrogen) atoms. The van der Waals surface area contributed by atoms with Crippen LogP contribution >= 0.6 is 0 Å². The Morgan fingerprint density at radius 3 is 2.38 bits per heavy atom. The highest BCUT2D eigenvalue weighted by molar-refractivity contribution is 5.39. The molecule has 0 aliphatic heterocycles. The first-order chi connectivity index (χ1) is 7.74. The van der Waals surface area contributed by atoms with Gasteiger partial charge in [-0.2, -0.15) is 0 Å². The van der Waals surface area contributed by atoms with Crippen LogP contribution in [0.5, 0.6) is 0 Å². The summed E-state index contributed by atoms with van der Waals surface area (Å²) in [6.45, 7) is 3.05. The van der Waals surface area contributed by atoms with Crippen molar-refractivity contribution in [3.63, 3.8) is 0 Å². The molecule has 1 aromatic carbocycles. The van der Waals surface area contributed by atoms with E-state index in [1.165, 1.54) is 31.2 Å². The van der Waals surface area contributed by atoms with Crippen LogP contribution in [0.3, 0.4) is 0 Å². The lowest BCUT2D eigenvalue weighted by Gasteiger charge is -2.26. The Bertz CT molecular complexity index is 312. The number of nitrogen functional groups attached to an aromatic ring is 1. The average molecular weight is 219 g/mol. The van der Waals surface area contributed by atoms with Gasteiger partial charge in [0.05, 0.1) is 12.7 Å². The smallest absolute Gasteiger partial charge is 0.0720 e. The van der Waals surface area contributed by atoms with Crippen LogP contribution in [0.1, 0.15) is 38.2 Å². The van der Waals surface area contributed by atoms with Crippen molar-refractivity contribution < 1.29 is 4.74 Å². The SMILES string of the molecule is CC1CCC(OCc2ccc(N)cc2)CC1. The fourth-order valence-corrected chi connectivity index (χ4v) is 2.22. The number of hydrogen-bond donors (Lipinski definition) is 1. The Hall–Kier alpha value is -1.02. The first-order valence-electron chi connectivity index (χ1n) is 6.20. The maximum atomic E-state index is 5.92. The van der Waals surface area contributed by atoms with Crippen LogP contribution in [-0.2, 0) is 11.3 Å². The molecular weight excluding hydrogens is 198 g/mol. The monoisotopic (exact) mass is 219 g/mol. The third-order valence-electron chi connectivity index (χ3n) is 3.43. The quantitative estimate of drug-likeness (QED) is 0.791. The number of nitrogens with two attached hydrogens (primary N) is 1. The molecule has 2 N–H and O–H groups in total. The first kappa shape index (κ1) is 11.5. The van der Waals surface area contributed by atoms with E-state index in [0.29, 0.717) is 6.10 Å². The molecule has 0 spiro atoms. The molecule has 0 bridgehead atoms. The van der Waals surface area contributed by atoms with Gasteiger partial charge in [0.25, 0.3) is 0 Å². The third kappa shape index (κ3) is 3.24. The largest absolute Gasteiger partial charge is 0.399 e. The van der Waals surface area contributed by atoms with Crippen LogP contribution in [0.2, 0.25) is 0 Å². The Morgan fingerprint density at radius 1 is 1.12 bits per heavy atom. The minimum Gasteiger partial charge on any atom is -0.399 e. The van der Waals surface area contributed by atoms with E-state index >= 15 is 0 Å². The normalized spacial score (nSPS) is 25.6. The van der Waals surface area contributed by atoms with E-state index in [2.05, 4.69) is 6.92 Å². The number of anilines is 1. The number of hydrogen-bond acceptors (Lipinski definition) is 2. The molecule has 0 heterocycles. The van der Waals surface area contributed by atoms with Crippen LogP contribution in [0.15, 0.2) is 24.3 Å². The van der Waals surface area contributed by atoms with E-state index in [4.69, 9.17) is 10.5 Å². The van der Waals surface area contributed by atoms with Gasteiger partial charge >= 0.3 is 0 Å². The Labute approximate surface area is 97.8 Å². The second-order valence-corrected chi connectivity index (χ2v) is 4.93. The molecule has 1 aliphatic rings. The molecule has 2 heteroatoms. The van der Waals surface area contributed by atoms with Gasteiger partial charge in [-0.25, -0.2) is 0 Å². The van der Waals surface area contributed by atoms with Crippen molar-refractivity contribution in [1.29, 1.82) is 0 Å². The van der Waals surface area contributed by atoms with Crippen molar-refractivity contribution in [3.8, 4) is 0 Å². The highest BCUT2D eigenvalue weighted by Crippen LogP contribution is 2.26. The summed E-state index contributed by atoms with van der Waals surface area (Å²) in [5.41, 5.74) is 7.67. The van der Waals surface area contributed by atoms with Crippen molar-refractivity contribution in [3.05, 3.63) is 29.8 Å². The highest BCUT2D eigenvalue weighted by Gasteiger charge is 2.18. The summed E-state index contributed by atoms with van der Waals surface area (Å²) >= 11 is 0. The van der Waals surface area contributed by atoms with Crippen LogP contribution in [0.4, 0.5) is 5.69 Å². The zero-order valence-electron chi connectivity index (χ0n) is 9.99. The minimum atomic E-state index is 0.466. The molecule has 0 saturated heterocycles. The number of rotatable bonds is 3. The molecule has 1 fully saturated rings. The fraction of sp³-hybridized carbons (Fsp3) is 0.571. The van der Waals surface area contributed by atoms with Gasteiger partial charge in [0.1, 0.15) is 0 Å². The van der Waals surface area contributed by atoms with Gasteiger partial charge in [-0.15, -0.1) is 0 Å². The molecule has 1 aliphatic carbocycles. The molecular formula is C14H21NO. The van der Waals surface area contributed by atoms with E-state index in [1.807, 2.05) is 24.3 Å². The van der Waals surface area contributed by atoms with Crippen molar-refractivity contribution in [1.82, 2.24) is 0 Å². The van der Waals surface area contributed by atoms with Crippen LogP contribution < -0.4 is 5.73 Å². The summed E-state index contributed by atoms with van der Waals surface area (Å²) in [5, 5.41) is 0. The second-order valence-electron chi connectivity index (χ2n) is 4.93. The molecule has 0 unspecified atom stereocenters. The third-order valence-corrected chi connectivity index (χ3v) is 3.43. The van der Waals surface area contributed by atoms with Gasteiger partial charge < -0.3 is 10.5 Å². The van der Waals surface area contributed by atoms with Crippen molar-refractivity contribution >= 4 is 5.69 Å². The zero-order valence-corrected chi connectivity index (χ0v) is 9.99. The van der Waals surface area contributed by atoms with Crippen LogP contribution in [0.25, 0.3) is 0 Å². The molecule has 0 radical (unpaired) electrons. The van der Waals surface area contributed by atoms with Crippen molar-refractivity contribution in [2.45, 2.75) is 45.3 Å². The molecule has 88 valence electrons. The summed E-state index contributed by atoms with van der Waals surface area (Å²) in [6.07, 6.45) is 5.53. The standard InChI is InChI=1S/C14H21NO/c1-11-2-8-14(9-3-11)16-10-12-4-6-13(15)7-5-12/h4-7,11,14H,2-3,8-10,15H2,1H3. The minimum absolute atomic E-state index is 0.466. The molecule has 0 atom stereocenters. The van der Waals surface area contributed by atoms with Gasteiger partial charge in [0.15, 0.2) is 0 Å². The number of ether oxygens (including phenoxy) is 1. The van der Waals surface area contributed by atoms with E-state index in [-0.39, 0.29) is 0 Å². The Balaban J connectivity index is 1.77. The summed E-state index contributed by atoms with van der Waals surface area (Å²) in [7, 11) is 0. The molecule has 1 aromatic rings. The van der Waals surface area contributed by atoms with E-state index in [9.17, 15) is 0 Å². The zero-order chi connectivity index (χ0) is 11.4. The molecule has 0 aromatic heterocycles. The van der Waals surface area contributed by atoms with Gasteiger partial charge in [-0.1, -0.05) is 19.1 Å². The molecule has 1 saturated carbocycles. The van der Waals surface area contributed by atoms with Crippen molar-refractivity contribution in [2.75, 3.05) is 5.73 Å². The predicted octanol–water partition coefficient (Wildman–Crippen LogP) is 3.36. The molecule has 2 rings (SSSR count). The lowest BCUT2D eigenvalue weighted by atomic mass is 9.89. The average Bonchev–Trinajstić information content (AvgIpc) is 2.30. The first-order valence-corrected chi connectivity index (χ1v) is 6.20. The second kappa shape index (κ2) is 5.35. The van der Waals surface area contributed by atoms with E-state index in [1.54, 1.807) is 0 Å². The lowest BCUT2D eigenvalue weighted by Crippen LogP contribution is -2.20. The highest BCUT2D eigenvalue weighted by atomic mass is 16.5. The summed E-state index contributed by atoms with van der Waals surface area (Å²) in [5.74, 6) is 0.886. The van der Waals surface area contributed by atoms with Gasteiger partial charge in [0.2, 0.25) is 0 Å². The molecule has 2 nitrogen and oxygen atoms in total. The lowest BCUT2D eigenvalue weighted by molar-refractivity contribution is 0.00878. The predicted molar refractivity (Wildman–Crippen MR) is 67.1 cm³/mol. The maximum absolute atomic E-state index is 5.92. The maximum Gasteiger partial charge on any atom is 0.0720 e. The Kier molecular flexibility index (Phi) is 3.83. The van der Waals surface area contributed by atoms with Gasteiger partial charge in [-0.3, -0.25) is 0 Å². The van der Waals surface area contributed by atoms with Gasteiger partial charge in [0, 0.05) is 5.69 Å². The van der Waals surface area contributed by atoms with Crippen LogP contribution in [0, 0.1) is 5.92 Å². The summed E-state index contributed by atoms with van der Waals surface area (Å²) < 4.78 is 5.92. The Morgan fingerprint density at radius 2 is 1.75 bits per heavy atom. The topological polar surface area (TPSA) is 35.2 Å². The summed E-state index contributed by atoms with van der Waals surface area (Å²) in [4.78, 5) is 0. The summed E-state index contributed by atoms with van der Waals surface area (Å²) in [6, 6.07) is 7.95. The van der Waals surface area contributed by atoms with Crippen LogP contribution in [-0.4, -0.2) is 6.10 Å². The van der Waals surface area contributed by atoms with Gasteiger partial charge in [-0.05, 0) is 49.3 Å². The number of benzene rings is 1. The van der Waals surface area contributed by atoms with E-state index in [0.717, 1.165) is 18.2 Å². The molecule has 0 amide bonds. The van der Waals surface area contributed by atoms with E-state index < -0.39 is 0 Å². The fourth-order valence-electron chi connectivity index (χ4n) is 2.22. The van der Waals surface area contributed by atoms with Crippen molar-refractivity contribution in [2.24, 2.45) is 5.92 Å².